The van der Waals surface area contributed by atoms with Gasteiger partial charge in [0, 0.05) is 32.1 Å². The minimum absolute atomic E-state index is 0.00573. The summed E-state index contributed by atoms with van der Waals surface area (Å²) in [5.41, 5.74) is 1.85. The van der Waals surface area contributed by atoms with Crippen LogP contribution >= 0.6 is 0 Å². The van der Waals surface area contributed by atoms with Gasteiger partial charge in [0.15, 0.2) is 0 Å². The summed E-state index contributed by atoms with van der Waals surface area (Å²) >= 11 is 0. The van der Waals surface area contributed by atoms with Crippen molar-refractivity contribution in [3.8, 4) is 0 Å². The standard InChI is InChI=1S/C12H15N5O2/c1-9-5-11(17(18)19)12(14-6-9)13-4-3-10-7-15-16(2)8-10/h5-8H,3-4H2,1-2H3,(H,13,14). The highest BCUT2D eigenvalue weighted by molar-refractivity contribution is 5.56. The molecule has 0 aliphatic rings. The maximum Gasteiger partial charge on any atom is 0.311 e. The fraction of sp³-hybridized carbons (Fsp3) is 0.333. The van der Waals surface area contributed by atoms with E-state index in [1.54, 1.807) is 24.0 Å². The number of hydrogen-bond donors (Lipinski definition) is 1. The minimum atomic E-state index is -0.424. The Balaban J connectivity index is 2.01. The largest absolute Gasteiger partial charge is 0.364 e. The van der Waals surface area contributed by atoms with E-state index >= 15 is 0 Å². The number of hydrogen-bond acceptors (Lipinski definition) is 5. The molecule has 0 radical (unpaired) electrons. The van der Waals surface area contributed by atoms with Gasteiger partial charge in [-0.25, -0.2) is 4.98 Å². The number of pyridine rings is 1. The van der Waals surface area contributed by atoms with Crippen LogP contribution in [0.3, 0.4) is 0 Å². The summed E-state index contributed by atoms with van der Waals surface area (Å²) in [6.45, 7) is 2.35. The molecular formula is C12H15N5O2. The van der Waals surface area contributed by atoms with Crippen LogP contribution in [0, 0.1) is 17.0 Å². The van der Waals surface area contributed by atoms with Gasteiger partial charge in [0.05, 0.1) is 11.1 Å². The Hall–Kier alpha value is -2.44. The molecule has 2 aromatic heterocycles. The molecule has 19 heavy (non-hydrogen) atoms. The van der Waals surface area contributed by atoms with Crippen molar-refractivity contribution in [1.29, 1.82) is 0 Å². The minimum Gasteiger partial charge on any atom is -0.364 e. The number of aryl methyl sites for hydroxylation is 2. The van der Waals surface area contributed by atoms with E-state index in [-0.39, 0.29) is 5.69 Å². The summed E-state index contributed by atoms with van der Waals surface area (Å²) in [5.74, 6) is 0.305. The number of aromatic nitrogens is 3. The third-order valence-corrected chi connectivity index (χ3v) is 2.67. The Bertz CT molecular complexity index is 594. The third kappa shape index (κ3) is 3.27. The van der Waals surface area contributed by atoms with Crippen molar-refractivity contribution < 1.29 is 4.92 Å². The Morgan fingerprint density at radius 3 is 2.89 bits per heavy atom. The highest BCUT2D eigenvalue weighted by atomic mass is 16.6. The first-order valence-electron chi connectivity index (χ1n) is 5.88. The Morgan fingerprint density at radius 2 is 2.26 bits per heavy atom. The van der Waals surface area contributed by atoms with Crippen molar-refractivity contribution in [2.45, 2.75) is 13.3 Å². The van der Waals surface area contributed by atoms with Gasteiger partial charge < -0.3 is 5.32 Å². The van der Waals surface area contributed by atoms with E-state index in [1.807, 2.05) is 13.2 Å². The molecule has 0 bridgehead atoms. The van der Waals surface area contributed by atoms with Crippen LogP contribution in [0.2, 0.25) is 0 Å². The van der Waals surface area contributed by atoms with E-state index in [2.05, 4.69) is 15.4 Å². The van der Waals surface area contributed by atoms with Crippen LogP contribution < -0.4 is 5.32 Å². The van der Waals surface area contributed by atoms with Crippen molar-refractivity contribution in [2.75, 3.05) is 11.9 Å². The molecule has 0 saturated heterocycles. The summed E-state index contributed by atoms with van der Waals surface area (Å²) in [5, 5.41) is 18.0. The molecule has 7 heteroatoms. The van der Waals surface area contributed by atoms with Gasteiger partial charge in [-0.05, 0) is 24.5 Å². The van der Waals surface area contributed by atoms with Crippen molar-refractivity contribution in [3.63, 3.8) is 0 Å². The average molecular weight is 261 g/mol. The third-order valence-electron chi connectivity index (χ3n) is 2.67. The number of nitrogens with one attached hydrogen (secondary N) is 1. The van der Waals surface area contributed by atoms with Gasteiger partial charge in [0.2, 0.25) is 5.82 Å². The summed E-state index contributed by atoms with van der Waals surface area (Å²) in [7, 11) is 1.85. The van der Waals surface area contributed by atoms with Crippen LogP contribution in [0.15, 0.2) is 24.7 Å². The maximum atomic E-state index is 10.9. The molecule has 2 heterocycles. The average Bonchev–Trinajstić information content (AvgIpc) is 2.77. The lowest BCUT2D eigenvalue weighted by molar-refractivity contribution is -0.384. The first-order valence-corrected chi connectivity index (χ1v) is 5.88. The van der Waals surface area contributed by atoms with Crippen molar-refractivity contribution in [2.24, 2.45) is 7.05 Å². The van der Waals surface area contributed by atoms with Gasteiger partial charge in [0.25, 0.3) is 0 Å². The smallest absolute Gasteiger partial charge is 0.311 e. The SMILES string of the molecule is Cc1cnc(NCCc2cnn(C)c2)c([N+](=O)[O-])c1. The van der Waals surface area contributed by atoms with E-state index in [0.29, 0.717) is 12.4 Å². The molecule has 0 spiro atoms. The number of nitrogens with zero attached hydrogens (tertiary/aromatic N) is 4. The molecule has 0 fully saturated rings. The zero-order valence-corrected chi connectivity index (χ0v) is 10.8. The Morgan fingerprint density at radius 1 is 1.47 bits per heavy atom. The van der Waals surface area contributed by atoms with Crippen molar-refractivity contribution in [3.05, 3.63) is 45.9 Å². The Labute approximate surface area is 110 Å². The van der Waals surface area contributed by atoms with Crippen LogP contribution in [0.1, 0.15) is 11.1 Å². The molecule has 1 N–H and O–H groups in total. The predicted molar refractivity (Wildman–Crippen MR) is 71.0 cm³/mol. The van der Waals surface area contributed by atoms with Crippen molar-refractivity contribution in [1.82, 2.24) is 14.8 Å². The van der Waals surface area contributed by atoms with Crippen LogP contribution in [0.4, 0.5) is 11.5 Å². The highest BCUT2D eigenvalue weighted by Crippen LogP contribution is 2.22. The molecule has 0 atom stereocenters. The molecular weight excluding hydrogens is 246 g/mol. The van der Waals surface area contributed by atoms with Gasteiger partial charge in [-0.1, -0.05) is 0 Å². The molecule has 2 aromatic rings. The second kappa shape index (κ2) is 5.47. The molecule has 0 unspecified atom stereocenters. The number of rotatable bonds is 5. The van der Waals surface area contributed by atoms with Crippen LogP contribution in [-0.4, -0.2) is 26.2 Å². The van der Waals surface area contributed by atoms with Crippen LogP contribution in [0.5, 0.6) is 0 Å². The van der Waals surface area contributed by atoms with Gasteiger partial charge >= 0.3 is 5.69 Å². The first-order chi connectivity index (χ1) is 9.06. The molecule has 0 aromatic carbocycles. The van der Waals surface area contributed by atoms with Gasteiger partial charge in [0.1, 0.15) is 0 Å². The number of nitro groups is 1. The zero-order valence-electron chi connectivity index (χ0n) is 10.8. The van der Waals surface area contributed by atoms with Crippen LogP contribution in [-0.2, 0) is 13.5 Å². The monoisotopic (exact) mass is 261 g/mol. The summed E-state index contributed by atoms with van der Waals surface area (Å²) < 4.78 is 1.72. The lowest BCUT2D eigenvalue weighted by Crippen LogP contribution is -2.08. The van der Waals surface area contributed by atoms with E-state index in [9.17, 15) is 10.1 Å². The van der Waals surface area contributed by atoms with E-state index in [4.69, 9.17) is 0 Å². The van der Waals surface area contributed by atoms with Crippen molar-refractivity contribution >= 4 is 11.5 Å². The van der Waals surface area contributed by atoms with E-state index in [1.165, 1.54) is 6.07 Å². The first kappa shape index (κ1) is 13.0. The van der Waals surface area contributed by atoms with Gasteiger partial charge in [-0.15, -0.1) is 0 Å². The molecule has 0 amide bonds. The molecule has 0 saturated carbocycles. The summed E-state index contributed by atoms with van der Waals surface area (Å²) in [6, 6.07) is 1.51. The predicted octanol–water partition coefficient (Wildman–Crippen LogP) is 1.69. The lowest BCUT2D eigenvalue weighted by atomic mass is 10.2. The molecule has 2 rings (SSSR count). The van der Waals surface area contributed by atoms with Gasteiger partial charge in [-0.3, -0.25) is 14.8 Å². The molecule has 0 aliphatic carbocycles. The number of anilines is 1. The summed E-state index contributed by atoms with van der Waals surface area (Å²) in [6.07, 6.45) is 6.04. The molecule has 0 aliphatic heterocycles. The lowest BCUT2D eigenvalue weighted by Gasteiger charge is -2.05. The van der Waals surface area contributed by atoms with E-state index in [0.717, 1.165) is 17.5 Å². The maximum absolute atomic E-state index is 10.9. The zero-order chi connectivity index (χ0) is 13.8. The van der Waals surface area contributed by atoms with E-state index < -0.39 is 4.92 Å². The van der Waals surface area contributed by atoms with Crippen LogP contribution in [0.25, 0.3) is 0 Å². The molecule has 7 nitrogen and oxygen atoms in total. The highest BCUT2D eigenvalue weighted by Gasteiger charge is 2.14. The fourth-order valence-electron chi connectivity index (χ4n) is 1.76. The second-order valence-electron chi connectivity index (χ2n) is 4.34. The summed E-state index contributed by atoms with van der Waals surface area (Å²) in [4.78, 5) is 14.6. The second-order valence-corrected chi connectivity index (χ2v) is 4.34. The Kier molecular flexibility index (Phi) is 3.74. The fourth-order valence-corrected chi connectivity index (χ4v) is 1.76. The normalized spacial score (nSPS) is 10.4. The molecule has 100 valence electrons. The topological polar surface area (TPSA) is 85.9 Å². The quantitative estimate of drug-likeness (QED) is 0.653. The van der Waals surface area contributed by atoms with Gasteiger partial charge in [-0.2, -0.15) is 5.10 Å².